The standard InChI is InChI=1S/C13H21N3O/c1-3-17-12-7-4-8-15-13(12)16-9-5-6-11(16)10-14-2/h4,7-8,11,14H,3,5-6,9-10H2,1-2H3. The van der Waals surface area contributed by atoms with Gasteiger partial charge in [-0.1, -0.05) is 0 Å². The van der Waals surface area contributed by atoms with Crippen LogP contribution in [0.25, 0.3) is 0 Å². The number of hydrogen-bond acceptors (Lipinski definition) is 4. The minimum absolute atomic E-state index is 0.536. The van der Waals surface area contributed by atoms with Gasteiger partial charge in [0.25, 0.3) is 0 Å². The first-order valence-electron chi connectivity index (χ1n) is 6.36. The summed E-state index contributed by atoms with van der Waals surface area (Å²) in [6, 6.07) is 4.47. The molecule has 4 heteroatoms. The molecule has 0 aromatic carbocycles. The Morgan fingerprint density at radius 3 is 3.24 bits per heavy atom. The first kappa shape index (κ1) is 12.2. The van der Waals surface area contributed by atoms with Crippen LogP contribution in [-0.2, 0) is 0 Å². The van der Waals surface area contributed by atoms with E-state index in [1.807, 2.05) is 32.3 Å². The smallest absolute Gasteiger partial charge is 0.171 e. The lowest BCUT2D eigenvalue weighted by Gasteiger charge is -2.27. The van der Waals surface area contributed by atoms with E-state index in [0.717, 1.165) is 24.7 Å². The van der Waals surface area contributed by atoms with Gasteiger partial charge >= 0.3 is 0 Å². The molecule has 1 saturated heterocycles. The van der Waals surface area contributed by atoms with Crippen LogP contribution in [0.5, 0.6) is 5.75 Å². The predicted octanol–water partition coefficient (Wildman–Crippen LogP) is 1.67. The quantitative estimate of drug-likeness (QED) is 0.842. The van der Waals surface area contributed by atoms with Crippen molar-refractivity contribution >= 4 is 5.82 Å². The van der Waals surface area contributed by atoms with E-state index >= 15 is 0 Å². The highest BCUT2D eigenvalue weighted by Gasteiger charge is 2.27. The maximum atomic E-state index is 5.65. The Morgan fingerprint density at radius 2 is 2.47 bits per heavy atom. The van der Waals surface area contributed by atoms with Crippen molar-refractivity contribution in [2.75, 3.05) is 31.6 Å². The minimum atomic E-state index is 0.536. The molecule has 1 unspecified atom stereocenters. The van der Waals surface area contributed by atoms with Crippen molar-refractivity contribution in [3.8, 4) is 5.75 Å². The molecule has 0 aliphatic carbocycles. The van der Waals surface area contributed by atoms with E-state index in [4.69, 9.17) is 4.74 Å². The van der Waals surface area contributed by atoms with Crippen LogP contribution < -0.4 is 15.0 Å². The largest absolute Gasteiger partial charge is 0.490 e. The van der Waals surface area contributed by atoms with Crippen LogP contribution in [0.3, 0.4) is 0 Å². The Morgan fingerprint density at radius 1 is 1.59 bits per heavy atom. The van der Waals surface area contributed by atoms with Crippen LogP contribution in [0.1, 0.15) is 19.8 Å². The van der Waals surface area contributed by atoms with Crippen molar-refractivity contribution in [1.82, 2.24) is 10.3 Å². The summed E-state index contributed by atoms with van der Waals surface area (Å²) in [7, 11) is 2.00. The van der Waals surface area contributed by atoms with Gasteiger partial charge in [0.1, 0.15) is 0 Å². The highest BCUT2D eigenvalue weighted by Crippen LogP contribution is 2.31. The minimum Gasteiger partial charge on any atom is -0.490 e. The fraction of sp³-hybridized carbons (Fsp3) is 0.615. The Bertz CT molecular complexity index is 356. The van der Waals surface area contributed by atoms with Gasteiger partial charge in [-0.2, -0.15) is 0 Å². The van der Waals surface area contributed by atoms with E-state index in [0.29, 0.717) is 12.6 Å². The molecule has 1 aromatic heterocycles. The molecule has 1 aliphatic heterocycles. The molecule has 4 nitrogen and oxygen atoms in total. The normalized spacial score (nSPS) is 19.6. The summed E-state index contributed by atoms with van der Waals surface area (Å²) in [5.74, 6) is 1.89. The molecule has 1 N–H and O–H groups in total. The van der Waals surface area contributed by atoms with E-state index in [-0.39, 0.29) is 0 Å². The van der Waals surface area contributed by atoms with Crippen LogP contribution in [0.15, 0.2) is 18.3 Å². The molecule has 17 heavy (non-hydrogen) atoms. The SMILES string of the molecule is CCOc1cccnc1N1CCCC1CNC. The van der Waals surface area contributed by atoms with Gasteiger partial charge in [-0.25, -0.2) is 4.98 Å². The first-order chi connectivity index (χ1) is 8.36. The number of nitrogens with zero attached hydrogens (tertiary/aromatic N) is 2. The van der Waals surface area contributed by atoms with E-state index in [1.54, 1.807) is 0 Å². The number of anilines is 1. The van der Waals surface area contributed by atoms with Crippen LogP contribution in [0.4, 0.5) is 5.82 Å². The number of pyridine rings is 1. The monoisotopic (exact) mass is 235 g/mol. The zero-order valence-electron chi connectivity index (χ0n) is 10.6. The summed E-state index contributed by atoms with van der Waals surface area (Å²) in [4.78, 5) is 6.85. The van der Waals surface area contributed by atoms with Crippen LogP contribution in [0, 0.1) is 0 Å². The Hall–Kier alpha value is -1.29. The van der Waals surface area contributed by atoms with Crippen LogP contribution in [-0.4, -0.2) is 37.8 Å². The third-order valence-corrected chi connectivity index (χ3v) is 3.14. The van der Waals surface area contributed by atoms with E-state index in [2.05, 4.69) is 15.2 Å². The number of rotatable bonds is 5. The van der Waals surface area contributed by atoms with Gasteiger partial charge in [-0.05, 0) is 38.9 Å². The van der Waals surface area contributed by atoms with Gasteiger partial charge in [0, 0.05) is 25.3 Å². The first-order valence-corrected chi connectivity index (χ1v) is 6.36. The third kappa shape index (κ3) is 2.69. The molecule has 2 heterocycles. The molecule has 0 spiro atoms. The highest BCUT2D eigenvalue weighted by molar-refractivity contribution is 5.53. The molecule has 1 atom stereocenters. The zero-order chi connectivity index (χ0) is 12.1. The van der Waals surface area contributed by atoms with Crippen molar-refractivity contribution in [2.24, 2.45) is 0 Å². The summed E-state index contributed by atoms with van der Waals surface area (Å²) in [6.07, 6.45) is 4.30. The molecule has 0 bridgehead atoms. The highest BCUT2D eigenvalue weighted by atomic mass is 16.5. The van der Waals surface area contributed by atoms with Crippen LogP contribution >= 0.6 is 0 Å². The molecule has 0 radical (unpaired) electrons. The second-order valence-corrected chi connectivity index (χ2v) is 4.31. The van der Waals surface area contributed by atoms with Crippen molar-refractivity contribution in [1.29, 1.82) is 0 Å². The lowest BCUT2D eigenvalue weighted by molar-refractivity contribution is 0.338. The van der Waals surface area contributed by atoms with Gasteiger partial charge < -0.3 is 15.0 Å². The second-order valence-electron chi connectivity index (χ2n) is 4.31. The second kappa shape index (κ2) is 5.87. The maximum absolute atomic E-state index is 5.65. The molecule has 94 valence electrons. The molecule has 0 amide bonds. The predicted molar refractivity (Wildman–Crippen MR) is 69.7 cm³/mol. The maximum Gasteiger partial charge on any atom is 0.171 e. The van der Waals surface area contributed by atoms with Gasteiger partial charge in [0.05, 0.1) is 6.61 Å². The number of aromatic nitrogens is 1. The molecule has 1 aliphatic rings. The fourth-order valence-corrected chi connectivity index (χ4v) is 2.43. The Kier molecular flexibility index (Phi) is 4.20. The zero-order valence-corrected chi connectivity index (χ0v) is 10.6. The summed E-state index contributed by atoms with van der Waals surface area (Å²) in [5, 5.41) is 3.25. The summed E-state index contributed by atoms with van der Waals surface area (Å²) in [6.45, 7) is 4.76. The van der Waals surface area contributed by atoms with E-state index in [9.17, 15) is 0 Å². The fourth-order valence-electron chi connectivity index (χ4n) is 2.43. The molecule has 1 fully saturated rings. The Labute approximate surface area is 103 Å². The third-order valence-electron chi connectivity index (χ3n) is 3.14. The average molecular weight is 235 g/mol. The van der Waals surface area contributed by atoms with Gasteiger partial charge in [-0.3, -0.25) is 0 Å². The summed E-state index contributed by atoms with van der Waals surface area (Å²) >= 11 is 0. The summed E-state index contributed by atoms with van der Waals surface area (Å²) in [5.41, 5.74) is 0. The van der Waals surface area contributed by atoms with Gasteiger partial charge in [-0.15, -0.1) is 0 Å². The lowest BCUT2D eigenvalue weighted by Crippen LogP contribution is -2.37. The molecular formula is C13H21N3O. The Balaban J connectivity index is 2.20. The van der Waals surface area contributed by atoms with Crippen molar-refractivity contribution in [3.05, 3.63) is 18.3 Å². The molecule has 1 aromatic rings. The summed E-state index contributed by atoms with van der Waals surface area (Å²) < 4.78 is 5.65. The van der Waals surface area contributed by atoms with Gasteiger partial charge in [0.15, 0.2) is 11.6 Å². The van der Waals surface area contributed by atoms with E-state index in [1.165, 1.54) is 12.8 Å². The van der Waals surface area contributed by atoms with Gasteiger partial charge in [0.2, 0.25) is 0 Å². The van der Waals surface area contributed by atoms with Crippen molar-refractivity contribution in [3.63, 3.8) is 0 Å². The van der Waals surface area contributed by atoms with Crippen molar-refractivity contribution < 1.29 is 4.74 Å². The molecule has 2 rings (SSSR count). The van der Waals surface area contributed by atoms with E-state index < -0.39 is 0 Å². The number of likely N-dealkylation sites (N-methyl/N-ethyl adjacent to an activating group) is 1. The average Bonchev–Trinajstić information content (AvgIpc) is 2.79. The molecular weight excluding hydrogens is 214 g/mol. The number of ether oxygens (including phenoxy) is 1. The number of nitrogens with one attached hydrogen (secondary N) is 1. The molecule has 0 saturated carbocycles. The number of hydrogen-bond donors (Lipinski definition) is 1. The lowest BCUT2D eigenvalue weighted by atomic mass is 10.2. The topological polar surface area (TPSA) is 37.4 Å². The van der Waals surface area contributed by atoms with Crippen LogP contribution in [0.2, 0.25) is 0 Å². The van der Waals surface area contributed by atoms with Crippen molar-refractivity contribution in [2.45, 2.75) is 25.8 Å².